The molecule has 0 fully saturated rings. The number of halogens is 3. The number of hydrogen-bond donors (Lipinski definition) is 2. The van der Waals surface area contributed by atoms with Crippen molar-refractivity contribution in [1.82, 2.24) is 9.78 Å². The molecule has 0 radical (unpaired) electrons. The molecule has 0 amide bonds. The van der Waals surface area contributed by atoms with Crippen molar-refractivity contribution in [3.63, 3.8) is 0 Å². The van der Waals surface area contributed by atoms with E-state index in [1.807, 2.05) is 0 Å². The summed E-state index contributed by atoms with van der Waals surface area (Å²) in [5.41, 5.74) is 0.361. The molecule has 10 heteroatoms. The van der Waals surface area contributed by atoms with Crippen molar-refractivity contribution in [2.75, 3.05) is 6.61 Å². The van der Waals surface area contributed by atoms with E-state index in [0.29, 0.717) is 16.7 Å². The number of aryl methyl sites for hydroxylation is 2. The molecule has 6 nitrogen and oxygen atoms in total. The Morgan fingerprint density at radius 1 is 1.10 bits per heavy atom. The third-order valence-corrected chi connectivity index (χ3v) is 5.55. The van der Waals surface area contributed by atoms with Crippen LogP contribution in [-0.2, 0) is 22.7 Å². The fraction of sp³-hybridized carbons (Fsp3) is 0.250. The number of hydrogen-bond acceptors (Lipinski definition) is 4. The molecule has 30 heavy (non-hydrogen) atoms. The summed E-state index contributed by atoms with van der Waals surface area (Å²) in [7, 11) is -3.94. The molecule has 160 valence electrons. The molecule has 1 heterocycles. The maximum absolute atomic E-state index is 14.1. The van der Waals surface area contributed by atoms with E-state index in [2.05, 4.69) is 5.10 Å². The number of primary sulfonamides is 1. The number of sulfonamides is 1. The van der Waals surface area contributed by atoms with Gasteiger partial charge in [-0.2, -0.15) is 18.3 Å². The number of aliphatic hydroxyl groups excluding tert-OH is 1. The third-order valence-electron chi connectivity index (χ3n) is 4.62. The first-order valence-electron chi connectivity index (χ1n) is 9.02. The van der Waals surface area contributed by atoms with E-state index in [-0.39, 0.29) is 35.7 Å². The molecular weight excluding hydrogens is 419 g/mol. The van der Waals surface area contributed by atoms with E-state index in [4.69, 9.17) is 10.2 Å². The summed E-state index contributed by atoms with van der Waals surface area (Å²) in [6.45, 7) is 1.29. The van der Waals surface area contributed by atoms with Gasteiger partial charge >= 0.3 is 6.18 Å². The molecule has 0 atom stereocenters. The van der Waals surface area contributed by atoms with E-state index >= 15 is 0 Å². The zero-order valence-electron chi connectivity index (χ0n) is 16.0. The first kappa shape index (κ1) is 22.0. The molecule has 3 N–H and O–H groups in total. The van der Waals surface area contributed by atoms with Crippen LogP contribution in [0.5, 0.6) is 0 Å². The van der Waals surface area contributed by atoms with Crippen LogP contribution in [0, 0.1) is 6.92 Å². The Morgan fingerprint density at radius 2 is 1.73 bits per heavy atom. The van der Waals surface area contributed by atoms with Crippen LogP contribution >= 0.6 is 0 Å². The smallest absolute Gasteiger partial charge is 0.396 e. The number of alkyl halides is 3. The van der Waals surface area contributed by atoms with Gasteiger partial charge in [0.05, 0.1) is 4.90 Å². The highest BCUT2D eigenvalue weighted by Crippen LogP contribution is 2.43. The van der Waals surface area contributed by atoms with Gasteiger partial charge in [-0.3, -0.25) is 4.68 Å². The van der Waals surface area contributed by atoms with Crippen molar-refractivity contribution in [2.24, 2.45) is 5.14 Å². The summed E-state index contributed by atoms with van der Waals surface area (Å²) in [4.78, 5) is -0.153. The molecule has 0 saturated heterocycles. The standard InChI is InChI=1S/C20H20F3N3O3S/c1-13-5-2-3-6-16(13)17-18(14-7-9-15(10-8-14)30(24,28)29)25-26(11-4-12-27)19(17)20(21,22)23/h2-3,5-10,27H,4,11-12H2,1H3,(H2,24,28,29). The number of aliphatic hydroxyl groups is 1. The summed E-state index contributed by atoms with van der Waals surface area (Å²) in [6, 6.07) is 11.9. The first-order chi connectivity index (χ1) is 14.0. The minimum atomic E-state index is -4.70. The normalized spacial score (nSPS) is 12.3. The lowest BCUT2D eigenvalue weighted by molar-refractivity contribution is -0.143. The summed E-state index contributed by atoms with van der Waals surface area (Å²) in [5, 5.41) is 18.4. The van der Waals surface area contributed by atoms with Gasteiger partial charge in [0, 0.05) is 24.3 Å². The number of rotatable bonds is 6. The third kappa shape index (κ3) is 4.40. The maximum atomic E-state index is 14.1. The average molecular weight is 439 g/mol. The van der Waals surface area contributed by atoms with Gasteiger partial charge in [0.15, 0.2) is 5.69 Å². The molecular formula is C20H20F3N3O3S. The van der Waals surface area contributed by atoms with Crippen LogP contribution in [0.15, 0.2) is 53.4 Å². The SMILES string of the molecule is Cc1ccccc1-c1c(-c2ccc(S(N)(=O)=O)cc2)nn(CCCO)c1C(F)(F)F. The fourth-order valence-electron chi connectivity index (χ4n) is 3.25. The van der Waals surface area contributed by atoms with Gasteiger partial charge in [-0.1, -0.05) is 36.4 Å². The van der Waals surface area contributed by atoms with Crippen LogP contribution in [0.4, 0.5) is 13.2 Å². The fourth-order valence-corrected chi connectivity index (χ4v) is 3.76. The van der Waals surface area contributed by atoms with Gasteiger partial charge in [0.25, 0.3) is 0 Å². The van der Waals surface area contributed by atoms with E-state index in [1.165, 1.54) is 24.3 Å². The quantitative estimate of drug-likeness (QED) is 0.613. The van der Waals surface area contributed by atoms with Crippen molar-refractivity contribution in [1.29, 1.82) is 0 Å². The number of nitrogens with zero attached hydrogens (tertiary/aromatic N) is 2. The molecule has 3 rings (SSSR count). The molecule has 1 aromatic heterocycles. The Hall–Kier alpha value is -2.69. The van der Waals surface area contributed by atoms with E-state index in [1.54, 1.807) is 31.2 Å². The predicted molar refractivity (Wildman–Crippen MR) is 106 cm³/mol. The summed E-state index contributed by atoms with van der Waals surface area (Å²) < 4.78 is 66.1. The van der Waals surface area contributed by atoms with Crippen LogP contribution < -0.4 is 5.14 Å². The number of aromatic nitrogens is 2. The monoisotopic (exact) mass is 439 g/mol. The summed E-state index contributed by atoms with van der Waals surface area (Å²) in [6.07, 6.45) is -4.60. The van der Waals surface area contributed by atoms with Gasteiger partial charge in [0.1, 0.15) is 5.69 Å². The summed E-state index contributed by atoms with van der Waals surface area (Å²) >= 11 is 0. The largest absolute Gasteiger partial charge is 0.433 e. The lowest BCUT2D eigenvalue weighted by atomic mass is 9.95. The number of benzene rings is 2. The zero-order chi connectivity index (χ0) is 22.1. The van der Waals surface area contributed by atoms with Gasteiger partial charge in [-0.05, 0) is 36.6 Å². The molecule has 0 saturated carbocycles. The molecule has 0 bridgehead atoms. The molecule has 0 unspecified atom stereocenters. The lowest BCUT2D eigenvalue weighted by Crippen LogP contribution is -2.16. The van der Waals surface area contributed by atoms with Gasteiger partial charge in [-0.15, -0.1) is 0 Å². The lowest BCUT2D eigenvalue weighted by Gasteiger charge is -2.14. The predicted octanol–water partition coefficient (Wildman–Crippen LogP) is 3.57. The minimum absolute atomic E-state index is 0.0653. The number of nitrogens with two attached hydrogens (primary N) is 1. The highest BCUT2D eigenvalue weighted by molar-refractivity contribution is 7.89. The second-order valence-electron chi connectivity index (χ2n) is 6.75. The van der Waals surface area contributed by atoms with Crippen molar-refractivity contribution in [3.05, 3.63) is 59.8 Å². The Morgan fingerprint density at radius 3 is 2.27 bits per heavy atom. The van der Waals surface area contributed by atoms with Crippen LogP contribution in [0.1, 0.15) is 17.7 Å². The van der Waals surface area contributed by atoms with Crippen LogP contribution in [0.2, 0.25) is 0 Å². The Kier molecular flexibility index (Phi) is 6.02. The molecule has 0 aliphatic rings. The Balaban J connectivity index is 2.31. The zero-order valence-corrected chi connectivity index (χ0v) is 16.8. The molecule has 3 aromatic rings. The topological polar surface area (TPSA) is 98.2 Å². The second-order valence-corrected chi connectivity index (χ2v) is 8.32. The maximum Gasteiger partial charge on any atom is 0.433 e. The van der Waals surface area contributed by atoms with Crippen molar-refractivity contribution in [2.45, 2.75) is 31.0 Å². The molecule has 0 aliphatic heterocycles. The average Bonchev–Trinajstić information content (AvgIpc) is 3.06. The van der Waals surface area contributed by atoms with Gasteiger partial charge in [0.2, 0.25) is 10.0 Å². The Labute approximate surface area is 171 Å². The van der Waals surface area contributed by atoms with Crippen molar-refractivity contribution < 1.29 is 26.7 Å². The van der Waals surface area contributed by atoms with Crippen LogP contribution in [0.25, 0.3) is 22.4 Å². The van der Waals surface area contributed by atoms with Gasteiger partial charge < -0.3 is 5.11 Å². The molecule has 2 aromatic carbocycles. The van der Waals surface area contributed by atoms with E-state index < -0.39 is 21.9 Å². The highest BCUT2D eigenvalue weighted by atomic mass is 32.2. The van der Waals surface area contributed by atoms with E-state index in [9.17, 15) is 21.6 Å². The molecule has 0 spiro atoms. The minimum Gasteiger partial charge on any atom is -0.396 e. The van der Waals surface area contributed by atoms with E-state index in [0.717, 1.165) is 4.68 Å². The summed E-state index contributed by atoms with van der Waals surface area (Å²) in [5.74, 6) is 0. The van der Waals surface area contributed by atoms with Gasteiger partial charge in [-0.25, -0.2) is 13.6 Å². The van der Waals surface area contributed by atoms with Crippen LogP contribution in [-0.4, -0.2) is 29.9 Å². The van der Waals surface area contributed by atoms with Crippen molar-refractivity contribution >= 4 is 10.0 Å². The van der Waals surface area contributed by atoms with Crippen LogP contribution in [0.3, 0.4) is 0 Å². The second kappa shape index (κ2) is 8.21. The van der Waals surface area contributed by atoms with Crippen molar-refractivity contribution in [3.8, 4) is 22.4 Å². The molecule has 0 aliphatic carbocycles. The Bertz CT molecular complexity index is 1150. The highest BCUT2D eigenvalue weighted by Gasteiger charge is 2.40. The first-order valence-corrected chi connectivity index (χ1v) is 10.6.